The van der Waals surface area contributed by atoms with Crippen molar-refractivity contribution in [2.24, 2.45) is 0 Å². The molecule has 1 aromatic carbocycles. The molecule has 10 heteroatoms. The summed E-state index contributed by atoms with van der Waals surface area (Å²) in [6.45, 7) is 4.02. The molecule has 2 aliphatic rings. The van der Waals surface area contributed by atoms with Gasteiger partial charge in [-0.2, -0.15) is 5.10 Å². The van der Waals surface area contributed by atoms with Gasteiger partial charge in [0.2, 0.25) is 0 Å². The van der Waals surface area contributed by atoms with Gasteiger partial charge in [0.05, 0.1) is 24.1 Å². The van der Waals surface area contributed by atoms with E-state index in [9.17, 15) is 13.6 Å². The number of carbonyl (C=O) groups excluding carboxylic acids is 1. The molecule has 2 aliphatic heterocycles. The lowest BCUT2D eigenvalue weighted by atomic mass is 10.1. The van der Waals surface area contributed by atoms with Crippen molar-refractivity contribution in [2.45, 2.75) is 25.9 Å². The van der Waals surface area contributed by atoms with Crippen LogP contribution in [0, 0.1) is 0 Å². The third kappa shape index (κ3) is 3.97. The molecule has 0 aliphatic carbocycles. The lowest BCUT2D eigenvalue weighted by Gasteiger charge is -2.37. The number of nitrogens with one attached hydrogen (secondary N) is 1. The molecule has 1 saturated heterocycles. The van der Waals surface area contributed by atoms with Crippen LogP contribution in [0.1, 0.15) is 22.8 Å². The molecule has 0 radical (unpaired) electrons. The Morgan fingerprint density at radius 2 is 2.09 bits per heavy atom. The molecule has 5 rings (SSSR count). The topological polar surface area (TPSA) is 75.0 Å². The fourth-order valence-electron chi connectivity index (χ4n) is 4.36. The molecule has 8 nitrogen and oxygen atoms in total. The normalized spacial score (nSPS) is 18.8. The van der Waals surface area contributed by atoms with Gasteiger partial charge in [0.25, 0.3) is 12.3 Å². The van der Waals surface area contributed by atoms with Gasteiger partial charge in [-0.15, -0.1) is 0 Å². The first-order valence-electron chi connectivity index (χ1n) is 10.7. The quantitative estimate of drug-likeness (QED) is 0.655. The van der Waals surface area contributed by atoms with Crippen LogP contribution in [0.15, 0.2) is 36.8 Å². The van der Waals surface area contributed by atoms with E-state index in [0.717, 1.165) is 23.4 Å². The fraction of sp³-hybridized carbons (Fsp3) is 0.409. The zero-order valence-corrected chi connectivity index (χ0v) is 17.7. The number of amides is 1. The standard InChI is InChI=1S/C22H24F2N6O2/c1-14-9-15-10-17(27-22(31)16-12-26-30-4-2-3-25-21(16)30)18(11-19(15)32-14)29-7-5-28(6-8-29)13-20(23)24/h2-4,10-12,14,20H,5-9,13H2,1H3,(H,27,31)/t14-/m0/s1. The Morgan fingerprint density at radius 1 is 1.28 bits per heavy atom. The van der Waals surface area contributed by atoms with Crippen LogP contribution < -0.4 is 15.0 Å². The van der Waals surface area contributed by atoms with E-state index >= 15 is 0 Å². The van der Waals surface area contributed by atoms with Crippen molar-refractivity contribution in [3.63, 3.8) is 0 Å². The Balaban J connectivity index is 1.42. The van der Waals surface area contributed by atoms with Crippen molar-refractivity contribution in [1.82, 2.24) is 19.5 Å². The molecule has 1 amide bonds. The van der Waals surface area contributed by atoms with Crippen molar-refractivity contribution < 1.29 is 18.3 Å². The van der Waals surface area contributed by atoms with E-state index in [4.69, 9.17) is 4.74 Å². The average molecular weight is 442 g/mol. The number of carbonyl (C=O) groups is 1. The Morgan fingerprint density at radius 3 is 2.88 bits per heavy atom. The first-order valence-corrected chi connectivity index (χ1v) is 10.7. The lowest BCUT2D eigenvalue weighted by Crippen LogP contribution is -2.48. The minimum absolute atomic E-state index is 0.0653. The van der Waals surface area contributed by atoms with Crippen LogP contribution >= 0.6 is 0 Å². The summed E-state index contributed by atoms with van der Waals surface area (Å²) in [6, 6.07) is 5.65. The monoisotopic (exact) mass is 442 g/mol. The van der Waals surface area contributed by atoms with E-state index in [0.29, 0.717) is 43.1 Å². The van der Waals surface area contributed by atoms with Gasteiger partial charge in [0.15, 0.2) is 5.65 Å². The summed E-state index contributed by atoms with van der Waals surface area (Å²) in [5, 5.41) is 7.22. The fourth-order valence-corrected chi connectivity index (χ4v) is 4.36. The number of alkyl halides is 2. The Bertz CT molecular complexity index is 1140. The average Bonchev–Trinajstić information content (AvgIpc) is 3.35. The largest absolute Gasteiger partial charge is 0.490 e. The molecule has 4 heterocycles. The van der Waals surface area contributed by atoms with E-state index in [2.05, 4.69) is 20.3 Å². The van der Waals surface area contributed by atoms with Gasteiger partial charge >= 0.3 is 0 Å². The van der Waals surface area contributed by atoms with Gasteiger partial charge in [-0.05, 0) is 19.1 Å². The minimum atomic E-state index is -2.34. The molecule has 3 aromatic rings. The predicted octanol–water partition coefficient (Wildman–Crippen LogP) is 2.69. The highest BCUT2D eigenvalue weighted by Gasteiger charge is 2.27. The minimum Gasteiger partial charge on any atom is -0.490 e. The number of ether oxygens (including phenoxy) is 1. The zero-order chi connectivity index (χ0) is 22.2. The first kappa shape index (κ1) is 20.6. The highest BCUT2D eigenvalue weighted by Crippen LogP contribution is 2.39. The second kappa shape index (κ2) is 8.34. The summed E-state index contributed by atoms with van der Waals surface area (Å²) >= 11 is 0. The van der Waals surface area contributed by atoms with E-state index in [1.54, 1.807) is 27.9 Å². The van der Waals surface area contributed by atoms with Crippen molar-refractivity contribution in [2.75, 3.05) is 42.9 Å². The Kier molecular flexibility index (Phi) is 5.38. The molecule has 1 fully saturated rings. The number of anilines is 2. The number of rotatable bonds is 5. The summed E-state index contributed by atoms with van der Waals surface area (Å²) in [6.07, 6.45) is 3.34. The highest BCUT2D eigenvalue weighted by atomic mass is 19.3. The van der Waals surface area contributed by atoms with Crippen LogP contribution in [0.3, 0.4) is 0 Å². The number of hydrogen-bond donors (Lipinski definition) is 1. The summed E-state index contributed by atoms with van der Waals surface area (Å²) in [7, 11) is 0. The summed E-state index contributed by atoms with van der Waals surface area (Å²) < 4.78 is 33.0. The van der Waals surface area contributed by atoms with Gasteiger partial charge in [-0.1, -0.05) is 0 Å². The van der Waals surface area contributed by atoms with Gasteiger partial charge in [-0.3, -0.25) is 9.69 Å². The number of benzene rings is 1. The van der Waals surface area contributed by atoms with Crippen LogP contribution in [0.2, 0.25) is 0 Å². The lowest BCUT2D eigenvalue weighted by molar-refractivity contribution is 0.0854. The van der Waals surface area contributed by atoms with E-state index in [-0.39, 0.29) is 18.6 Å². The van der Waals surface area contributed by atoms with Crippen LogP contribution in [0.5, 0.6) is 5.75 Å². The SMILES string of the molecule is C[C@H]1Cc2cc(NC(=O)c3cnn4cccnc34)c(N3CCN(CC(F)F)CC3)cc2O1. The smallest absolute Gasteiger partial charge is 0.261 e. The number of nitrogens with zero attached hydrogens (tertiary/aromatic N) is 5. The van der Waals surface area contributed by atoms with Crippen molar-refractivity contribution in [1.29, 1.82) is 0 Å². The number of hydrogen-bond acceptors (Lipinski definition) is 6. The third-order valence-corrected chi connectivity index (χ3v) is 5.90. The van der Waals surface area contributed by atoms with Crippen LogP contribution in [-0.2, 0) is 6.42 Å². The molecular weight excluding hydrogens is 418 g/mol. The molecular formula is C22H24F2N6O2. The molecule has 0 spiro atoms. The second-order valence-corrected chi connectivity index (χ2v) is 8.19. The number of fused-ring (bicyclic) bond motifs is 2. The van der Waals surface area contributed by atoms with Crippen LogP contribution in [0.25, 0.3) is 5.65 Å². The van der Waals surface area contributed by atoms with Crippen molar-refractivity contribution >= 4 is 22.9 Å². The zero-order valence-electron chi connectivity index (χ0n) is 17.7. The van der Waals surface area contributed by atoms with Gasteiger partial charge in [0.1, 0.15) is 17.4 Å². The molecule has 0 unspecified atom stereocenters. The molecule has 32 heavy (non-hydrogen) atoms. The Hall–Kier alpha value is -3.27. The Labute approximate surface area is 183 Å². The molecule has 1 atom stereocenters. The number of piperazine rings is 1. The number of halogens is 2. The molecule has 0 bridgehead atoms. The van der Waals surface area contributed by atoms with E-state index < -0.39 is 6.43 Å². The molecule has 1 N–H and O–H groups in total. The molecule has 2 aromatic heterocycles. The number of aromatic nitrogens is 3. The maximum atomic E-state index is 13.1. The highest BCUT2D eigenvalue weighted by molar-refractivity contribution is 6.09. The van der Waals surface area contributed by atoms with Gasteiger partial charge in [0, 0.05) is 56.6 Å². The summed E-state index contributed by atoms with van der Waals surface area (Å²) in [5.74, 6) is 0.501. The van der Waals surface area contributed by atoms with Gasteiger partial charge < -0.3 is 15.0 Å². The molecule has 0 saturated carbocycles. The summed E-state index contributed by atoms with van der Waals surface area (Å²) in [4.78, 5) is 21.2. The van der Waals surface area contributed by atoms with E-state index in [1.807, 2.05) is 19.1 Å². The van der Waals surface area contributed by atoms with Gasteiger partial charge in [-0.25, -0.2) is 18.3 Å². The van der Waals surface area contributed by atoms with Crippen molar-refractivity contribution in [3.8, 4) is 5.75 Å². The van der Waals surface area contributed by atoms with Crippen LogP contribution in [0.4, 0.5) is 20.2 Å². The van der Waals surface area contributed by atoms with Crippen LogP contribution in [-0.4, -0.2) is 70.7 Å². The maximum Gasteiger partial charge on any atom is 0.261 e. The summed E-state index contributed by atoms with van der Waals surface area (Å²) in [5.41, 5.74) is 3.39. The predicted molar refractivity (Wildman–Crippen MR) is 116 cm³/mol. The van der Waals surface area contributed by atoms with E-state index in [1.165, 1.54) is 6.20 Å². The first-order chi connectivity index (χ1) is 15.5. The third-order valence-electron chi connectivity index (χ3n) is 5.90. The molecule has 168 valence electrons. The maximum absolute atomic E-state index is 13.1. The second-order valence-electron chi connectivity index (χ2n) is 8.19. The van der Waals surface area contributed by atoms with Crippen molar-refractivity contribution in [3.05, 3.63) is 47.9 Å².